The van der Waals surface area contributed by atoms with E-state index in [0.29, 0.717) is 5.69 Å². The van der Waals surface area contributed by atoms with Crippen LogP contribution in [0.1, 0.15) is 30.3 Å². The van der Waals surface area contributed by atoms with Crippen LogP contribution >= 0.6 is 0 Å². The third-order valence-electron chi connectivity index (χ3n) is 5.42. The van der Waals surface area contributed by atoms with Crippen molar-refractivity contribution >= 4 is 36.8 Å². The summed E-state index contributed by atoms with van der Waals surface area (Å²) >= 11 is 0. The molecule has 1 aliphatic rings. The van der Waals surface area contributed by atoms with Gasteiger partial charge < -0.3 is 35.3 Å². The number of aliphatic hydroxyl groups excluding tert-OH is 1. The molecule has 1 aliphatic heterocycles. The lowest BCUT2D eigenvalue weighted by atomic mass is 9.82. The SMILES string of the molecule is C[C@@H](O)C(NC(=O)c1cccc(-c2ccccc2)n1)C(=O)NCB1OC(=O)CC(CC(=O)O)(C(=O)O)O1. The van der Waals surface area contributed by atoms with Crippen molar-refractivity contribution in [2.75, 3.05) is 6.44 Å². The number of pyridine rings is 1. The van der Waals surface area contributed by atoms with Crippen LogP contribution in [0.3, 0.4) is 0 Å². The molecule has 3 rings (SSSR count). The van der Waals surface area contributed by atoms with Crippen molar-refractivity contribution in [1.29, 1.82) is 0 Å². The Bertz CT molecular complexity index is 1190. The number of nitrogens with one attached hydrogen (secondary N) is 2. The summed E-state index contributed by atoms with van der Waals surface area (Å²) in [4.78, 5) is 64.5. The van der Waals surface area contributed by atoms with Gasteiger partial charge in [-0.2, -0.15) is 0 Å². The molecule has 14 heteroatoms. The highest BCUT2D eigenvalue weighted by Gasteiger charge is 2.52. The molecule has 3 atom stereocenters. The second kappa shape index (κ2) is 11.6. The summed E-state index contributed by atoms with van der Waals surface area (Å²) in [5.74, 6) is -5.86. The molecule has 0 saturated carbocycles. The normalized spacial score (nSPS) is 18.8. The molecule has 2 heterocycles. The molecular weight excluding hydrogens is 489 g/mol. The van der Waals surface area contributed by atoms with Crippen molar-refractivity contribution in [1.82, 2.24) is 15.6 Å². The van der Waals surface area contributed by atoms with E-state index in [1.54, 1.807) is 12.1 Å². The highest BCUT2D eigenvalue weighted by Crippen LogP contribution is 2.27. The van der Waals surface area contributed by atoms with E-state index in [9.17, 15) is 34.2 Å². The van der Waals surface area contributed by atoms with Crippen molar-refractivity contribution in [3.05, 3.63) is 54.2 Å². The monoisotopic (exact) mass is 513 g/mol. The Labute approximate surface area is 210 Å². The minimum Gasteiger partial charge on any atom is -0.508 e. The molecule has 0 bridgehead atoms. The number of hydrogen-bond donors (Lipinski definition) is 5. The Morgan fingerprint density at radius 2 is 1.81 bits per heavy atom. The van der Waals surface area contributed by atoms with Crippen molar-refractivity contribution < 1.29 is 48.6 Å². The van der Waals surface area contributed by atoms with Crippen LogP contribution in [0, 0.1) is 0 Å². The summed E-state index contributed by atoms with van der Waals surface area (Å²) < 4.78 is 10.1. The maximum absolute atomic E-state index is 12.8. The largest absolute Gasteiger partial charge is 0.548 e. The number of benzene rings is 1. The zero-order valence-electron chi connectivity index (χ0n) is 19.6. The van der Waals surface area contributed by atoms with Crippen molar-refractivity contribution in [3.8, 4) is 11.3 Å². The zero-order chi connectivity index (χ0) is 27.2. The van der Waals surface area contributed by atoms with Crippen LogP contribution in [0.25, 0.3) is 11.3 Å². The minimum atomic E-state index is -2.37. The van der Waals surface area contributed by atoms with Crippen molar-refractivity contribution in [2.45, 2.75) is 37.5 Å². The molecule has 13 nitrogen and oxygen atoms in total. The molecule has 2 amide bonds. The van der Waals surface area contributed by atoms with Crippen LogP contribution in [0.4, 0.5) is 0 Å². The number of carboxylic acids is 2. The Kier molecular flexibility index (Phi) is 8.58. The first-order valence-corrected chi connectivity index (χ1v) is 11.1. The first-order valence-electron chi connectivity index (χ1n) is 11.1. The number of rotatable bonds is 10. The van der Waals surface area contributed by atoms with Gasteiger partial charge in [-0.05, 0) is 19.1 Å². The highest BCUT2D eigenvalue weighted by atomic mass is 16.6. The fraction of sp³-hybridized carbons (Fsp3) is 0.304. The number of carboxylic acid groups (broad SMARTS) is 2. The highest BCUT2D eigenvalue weighted by molar-refractivity contribution is 6.48. The molecule has 0 spiro atoms. The molecule has 5 N–H and O–H groups in total. The van der Waals surface area contributed by atoms with Crippen LogP contribution in [-0.4, -0.2) is 81.3 Å². The van der Waals surface area contributed by atoms with Crippen LogP contribution in [0.5, 0.6) is 0 Å². The third-order valence-corrected chi connectivity index (χ3v) is 5.42. The molecule has 194 valence electrons. The summed E-state index contributed by atoms with van der Waals surface area (Å²) in [6.07, 6.45) is -3.77. The lowest BCUT2D eigenvalue weighted by Gasteiger charge is -2.34. The topological polar surface area (TPSA) is 201 Å². The molecule has 37 heavy (non-hydrogen) atoms. The molecule has 1 saturated heterocycles. The summed E-state index contributed by atoms with van der Waals surface area (Å²) in [6.45, 7) is 1.26. The lowest BCUT2D eigenvalue weighted by molar-refractivity contribution is -0.174. The number of carbonyl (C=O) groups is 5. The van der Waals surface area contributed by atoms with E-state index in [1.165, 1.54) is 13.0 Å². The van der Waals surface area contributed by atoms with Gasteiger partial charge in [-0.15, -0.1) is 0 Å². The molecule has 2 unspecified atom stereocenters. The van der Waals surface area contributed by atoms with E-state index in [0.717, 1.165) is 5.56 Å². The second-order valence-corrected chi connectivity index (χ2v) is 8.29. The Morgan fingerprint density at radius 1 is 1.11 bits per heavy atom. The Balaban J connectivity index is 1.67. The fourth-order valence-corrected chi connectivity index (χ4v) is 3.62. The predicted octanol–water partition coefficient (Wildman–Crippen LogP) is -0.367. The average Bonchev–Trinajstić information content (AvgIpc) is 2.85. The first-order chi connectivity index (χ1) is 17.5. The summed E-state index contributed by atoms with van der Waals surface area (Å²) in [5.41, 5.74) is -1.09. The molecule has 1 fully saturated rings. The number of nitrogens with zero attached hydrogens (tertiary/aromatic N) is 1. The summed E-state index contributed by atoms with van der Waals surface area (Å²) in [6, 6.07) is 12.4. The van der Waals surface area contributed by atoms with E-state index in [1.807, 2.05) is 30.3 Å². The number of amides is 2. The number of carbonyl (C=O) groups excluding carboxylic acids is 3. The van der Waals surface area contributed by atoms with Gasteiger partial charge in [0.25, 0.3) is 11.9 Å². The minimum absolute atomic E-state index is 0.00995. The maximum Gasteiger partial charge on any atom is 0.548 e. The Morgan fingerprint density at radius 3 is 2.43 bits per heavy atom. The van der Waals surface area contributed by atoms with Crippen LogP contribution in [0.2, 0.25) is 0 Å². The summed E-state index contributed by atoms with van der Waals surface area (Å²) in [5, 5.41) is 33.2. The van der Waals surface area contributed by atoms with Crippen molar-refractivity contribution in [3.63, 3.8) is 0 Å². The first kappa shape index (κ1) is 27.3. The van der Waals surface area contributed by atoms with E-state index >= 15 is 0 Å². The van der Waals surface area contributed by atoms with Gasteiger partial charge in [0.1, 0.15) is 11.7 Å². The van der Waals surface area contributed by atoms with Crippen LogP contribution in [0.15, 0.2) is 48.5 Å². The number of hydrogen-bond acceptors (Lipinski definition) is 9. The molecule has 0 radical (unpaired) electrons. The molecule has 0 aliphatic carbocycles. The van der Waals surface area contributed by atoms with Gasteiger partial charge in [-0.1, -0.05) is 36.4 Å². The molecular formula is C23H24BN3O10. The lowest BCUT2D eigenvalue weighted by Crippen LogP contribution is -2.59. The average molecular weight is 513 g/mol. The predicted molar refractivity (Wildman–Crippen MR) is 126 cm³/mol. The summed E-state index contributed by atoms with van der Waals surface area (Å²) in [7, 11) is -1.62. The van der Waals surface area contributed by atoms with E-state index in [-0.39, 0.29) is 5.69 Å². The second-order valence-electron chi connectivity index (χ2n) is 8.29. The number of aromatic nitrogens is 1. The van der Waals surface area contributed by atoms with E-state index in [2.05, 4.69) is 15.6 Å². The zero-order valence-corrected chi connectivity index (χ0v) is 19.6. The third kappa shape index (κ3) is 6.89. The molecule has 1 aromatic heterocycles. The van der Waals surface area contributed by atoms with Crippen LogP contribution in [-0.2, 0) is 28.5 Å². The van der Waals surface area contributed by atoms with Crippen LogP contribution < -0.4 is 10.6 Å². The van der Waals surface area contributed by atoms with Gasteiger partial charge in [0.2, 0.25) is 5.91 Å². The number of aliphatic carboxylic acids is 2. The van der Waals surface area contributed by atoms with E-state index < -0.39 is 73.9 Å². The number of aliphatic hydroxyl groups is 1. The van der Waals surface area contributed by atoms with Gasteiger partial charge in [0.05, 0.1) is 31.1 Å². The maximum atomic E-state index is 12.8. The van der Waals surface area contributed by atoms with E-state index in [4.69, 9.17) is 14.4 Å². The van der Waals surface area contributed by atoms with Gasteiger partial charge in [-0.25, -0.2) is 9.78 Å². The van der Waals surface area contributed by atoms with Gasteiger partial charge in [-0.3, -0.25) is 19.2 Å². The standard InChI is InChI=1S/C23H24BN3O10/c1-13(28)19(27-20(32)16-9-5-8-15(26-16)14-6-3-2-4-7-14)21(33)25-12-24-36-18(31)11-23(37-24,22(34)35)10-17(29)30/h2-9,13,19,28H,10-12H2,1H3,(H,25,33)(H,27,32)(H,29,30)(H,34,35)/t13-,19?,23?/m1/s1. The quantitative estimate of drug-likeness (QED) is 0.260. The van der Waals surface area contributed by atoms with Crippen molar-refractivity contribution in [2.24, 2.45) is 0 Å². The Hall–Kier alpha value is -4.30. The van der Waals surface area contributed by atoms with Gasteiger partial charge >= 0.3 is 19.1 Å². The van der Waals surface area contributed by atoms with Gasteiger partial charge in [0, 0.05) is 5.56 Å². The van der Waals surface area contributed by atoms with Gasteiger partial charge in [0.15, 0.2) is 5.60 Å². The molecule has 2 aromatic rings. The fourth-order valence-electron chi connectivity index (χ4n) is 3.62. The molecule has 1 aromatic carbocycles. The smallest absolute Gasteiger partial charge is 0.508 e.